The fourth-order valence-electron chi connectivity index (χ4n) is 1.86. The van der Waals surface area contributed by atoms with Gasteiger partial charge in [-0.1, -0.05) is 36.4 Å². The van der Waals surface area contributed by atoms with Crippen molar-refractivity contribution in [2.24, 2.45) is 5.14 Å². The molecule has 0 atom stereocenters. The topological polar surface area (TPSA) is 60.2 Å². The molecule has 0 aliphatic carbocycles. The maximum absolute atomic E-state index is 11.6. The largest absolute Gasteiger partial charge is 0.238 e. The predicted octanol–water partition coefficient (Wildman–Crippen LogP) is 2.62. The normalized spacial score (nSPS) is 11.5. The summed E-state index contributed by atoms with van der Waals surface area (Å²) in [6.45, 7) is 4.02. The number of aryl methyl sites for hydroxylation is 2. The summed E-state index contributed by atoms with van der Waals surface area (Å²) in [6, 6.07) is 12.6. The van der Waals surface area contributed by atoms with Gasteiger partial charge in [0.05, 0.1) is 4.90 Å². The maximum atomic E-state index is 11.6. The van der Waals surface area contributed by atoms with E-state index in [0.29, 0.717) is 5.56 Å². The molecule has 0 saturated carbocycles. The number of hydrogen-bond acceptors (Lipinski definition) is 2. The zero-order chi connectivity index (χ0) is 13.3. The highest BCUT2D eigenvalue weighted by molar-refractivity contribution is 7.89. The molecular formula is C14H15NO2S. The van der Waals surface area contributed by atoms with Crippen LogP contribution in [0.1, 0.15) is 11.1 Å². The Balaban J connectivity index is 2.68. The summed E-state index contributed by atoms with van der Waals surface area (Å²) in [5, 5.41) is 5.24. The van der Waals surface area contributed by atoms with E-state index >= 15 is 0 Å². The van der Waals surface area contributed by atoms with Gasteiger partial charge in [0.2, 0.25) is 10.0 Å². The van der Waals surface area contributed by atoms with Gasteiger partial charge in [-0.2, -0.15) is 0 Å². The summed E-state index contributed by atoms with van der Waals surface area (Å²) in [6.07, 6.45) is 0. The van der Waals surface area contributed by atoms with Crippen LogP contribution in [0.25, 0.3) is 11.1 Å². The molecule has 2 aromatic carbocycles. The van der Waals surface area contributed by atoms with E-state index in [-0.39, 0.29) is 4.90 Å². The lowest BCUT2D eigenvalue weighted by atomic mass is 10.0. The van der Waals surface area contributed by atoms with E-state index in [9.17, 15) is 8.42 Å². The van der Waals surface area contributed by atoms with Crippen molar-refractivity contribution in [2.45, 2.75) is 18.7 Å². The molecule has 0 fully saturated rings. The second-order valence-corrected chi connectivity index (χ2v) is 5.87. The van der Waals surface area contributed by atoms with Crippen molar-refractivity contribution < 1.29 is 8.42 Å². The monoisotopic (exact) mass is 261 g/mol. The molecule has 2 aromatic rings. The molecule has 0 radical (unpaired) electrons. The molecule has 2 N–H and O–H groups in total. The average Bonchev–Trinajstić information content (AvgIpc) is 2.32. The van der Waals surface area contributed by atoms with E-state index in [1.807, 2.05) is 32.0 Å². The van der Waals surface area contributed by atoms with Crippen molar-refractivity contribution in [1.29, 1.82) is 0 Å². The fraction of sp³-hybridized carbons (Fsp3) is 0.143. The van der Waals surface area contributed by atoms with Crippen LogP contribution in [0.2, 0.25) is 0 Å². The maximum Gasteiger partial charge on any atom is 0.238 e. The van der Waals surface area contributed by atoms with Gasteiger partial charge in [-0.25, -0.2) is 13.6 Å². The minimum Gasteiger partial charge on any atom is -0.225 e. The highest BCUT2D eigenvalue weighted by Gasteiger charge is 2.14. The van der Waals surface area contributed by atoms with E-state index in [1.165, 1.54) is 11.6 Å². The van der Waals surface area contributed by atoms with Gasteiger partial charge in [0.1, 0.15) is 0 Å². The minimum atomic E-state index is -3.70. The van der Waals surface area contributed by atoms with Crippen molar-refractivity contribution >= 4 is 10.0 Å². The van der Waals surface area contributed by atoms with Crippen molar-refractivity contribution in [2.75, 3.05) is 0 Å². The molecule has 18 heavy (non-hydrogen) atoms. The Kier molecular flexibility index (Phi) is 3.24. The molecule has 0 amide bonds. The summed E-state index contributed by atoms with van der Waals surface area (Å²) in [5.41, 5.74) is 3.80. The number of rotatable bonds is 2. The molecule has 94 valence electrons. The molecule has 0 unspecified atom stereocenters. The van der Waals surface area contributed by atoms with Crippen LogP contribution in [0, 0.1) is 13.8 Å². The summed E-state index contributed by atoms with van der Waals surface area (Å²) in [4.78, 5) is 0.160. The quantitative estimate of drug-likeness (QED) is 0.903. The molecule has 3 nitrogen and oxygen atoms in total. The SMILES string of the molecule is Cc1ccc(-c2ccccc2S(N)(=O)=O)cc1C. The summed E-state index contributed by atoms with van der Waals surface area (Å²) >= 11 is 0. The number of primary sulfonamides is 1. The minimum absolute atomic E-state index is 0.160. The lowest BCUT2D eigenvalue weighted by Crippen LogP contribution is -2.13. The second kappa shape index (κ2) is 4.55. The highest BCUT2D eigenvalue weighted by atomic mass is 32.2. The molecule has 0 heterocycles. The third kappa shape index (κ3) is 2.44. The van der Waals surface area contributed by atoms with Crippen LogP contribution in [0.5, 0.6) is 0 Å². The van der Waals surface area contributed by atoms with Gasteiger partial charge in [-0.15, -0.1) is 0 Å². The van der Waals surface area contributed by atoms with Gasteiger partial charge in [0, 0.05) is 5.56 Å². The molecule has 0 saturated heterocycles. The van der Waals surface area contributed by atoms with Crippen LogP contribution in [0.4, 0.5) is 0 Å². The van der Waals surface area contributed by atoms with E-state index < -0.39 is 10.0 Å². The van der Waals surface area contributed by atoms with Crippen LogP contribution in [-0.2, 0) is 10.0 Å². The molecule has 0 aliphatic heterocycles. The van der Waals surface area contributed by atoms with Gasteiger partial charge in [0.25, 0.3) is 0 Å². The van der Waals surface area contributed by atoms with Crippen LogP contribution in [-0.4, -0.2) is 8.42 Å². The molecule has 0 spiro atoms. The van der Waals surface area contributed by atoms with Crippen LogP contribution in [0.15, 0.2) is 47.4 Å². The smallest absolute Gasteiger partial charge is 0.225 e. The Labute approximate surface area is 107 Å². The van der Waals surface area contributed by atoms with Gasteiger partial charge in [-0.3, -0.25) is 0 Å². The van der Waals surface area contributed by atoms with E-state index in [4.69, 9.17) is 5.14 Å². The van der Waals surface area contributed by atoms with Gasteiger partial charge in [0.15, 0.2) is 0 Å². The van der Waals surface area contributed by atoms with Crippen molar-refractivity contribution in [3.05, 3.63) is 53.6 Å². The van der Waals surface area contributed by atoms with Crippen LogP contribution in [0.3, 0.4) is 0 Å². The standard InChI is InChI=1S/C14H15NO2S/c1-10-7-8-12(9-11(10)2)13-5-3-4-6-14(13)18(15,16)17/h3-9H,1-2H3,(H2,15,16,17). The third-order valence-electron chi connectivity index (χ3n) is 3.01. The number of benzene rings is 2. The van der Waals surface area contributed by atoms with Crippen molar-refractivity contribution in [1.82, 2.24) is 0 Å². The Bertz CT molecular complexity index is 691. The molecule has 0 bridgehead atoms. The zero-order valence-electron chi connectivity index (χ0n) is 10.3. The summed E-state index contributed by atoms with van der Waals surface area (Å²) < 4.78 is 23.1. The Morgan fingerprint density at radius 1 is 0.944 bits per heavy atom. The first-order valence-electron chi connectivity index (χ1n) is 5.59. The molecule has 2 rings (SSSR count). The van der Waals surface area contributed by atoms with E-state index in [0.717, 1.165) is 11.1 Å². The fourth-order valence-corrected chi connectivity index (χ4v) is 2.62. The third-order valence-corrected chi connectivity index (χ3v) is 3.98. The Hall–Kier alpha value is -1.65. The number of nitrogens with two attached hydrogens (primary N) is 1. The van der Waals surface area contributed by atoms with E-state index in [2.05, 4.69) is 0 Å². The average molecular weight is 261 g/mol. The first-order chi connectivity index (χ1) is 8.39. The van der Waals surface area contributed by atoms with E-state index in [1.54, 1.807) is 18.2 Å². The Morgan fingerprint density at radius 2 is 1.61 bits per heavy atom. The van der Waals surface area contributed by atoms with Crippen LogP contribution >= 0.6 is 0 Å². The lowest BCUT2D eigenvalue weighted by molar-refractivity contribution is 0.598. The zero-order valence-corrected chi connectivity index (χ0v) is 11.2. The first kappa shape index (κ1) is 12.8. The van der Waals surface area contributed by atoms with Gasteiger partial charge < -0.3 is 0 Å². The number of hydrogen-bond donors (Lipinski definition) is 1. The summed E-state index contributed by atoms with van der Waals surface area (Å²) in [7, 11) is -3.70. The Morgan fingerprint density at radius 3 is 2.22 bits per heavy atom. The molecule has 0 aliphatic rings. The lowest BCUT2D eigenvalue weighted by Gasteiger charge is -2.09. The predicted molar refractivity (Wildman–Crippen MR) is 72.7 cm³/mol. The number of sulfonamides is 1. The van der Waals surface area contributed by atoms with Crippen molar-refractivity contribution in [3.63, 3.8) is 0 Å². The molecule has 4 heteroatoms. The van der Waals surface area contributed by atoms with Gasteiger partial charge in [-0.05, 0) is 36.6 Å². The van der Waals surface area contributed by atoms with Crippen LogP contribution < -0.4 is 5.14 Å². The summed E-state index contributed by atoms with van der Waals surface area (Å²) in [5.74, 6) is 0. The first-order valence-corrected chi connectivity index (χ1v) is 7.13. The molecular weight excluding hydrogens is 246 g/mol. The second-order valence-electron chi connectivity index (χ2n) is 4.34. The highest BCUT2D eigenvalue weighted by Crippen LogP contribution is 2.27. The van der Waals surface area contributed by atoms with Gasteiger partial charge >= 0.3 is 0 Å². The van der Waals surface area contributed by atoms with Crippen molar-refractivity contribution in [3.8, 4) is 11.1 Å². The molecule has 0 aromatic heterocycles.